The van der Waals surface area contributed by atoms with Crippen LogP contribution in [-0.4, -0.2) is 39.2 Å². The first kappa shape index (κ1) is 15.4. The van der Waals surface area contributed by atoms with Gasteiger partial charge in [0.05, 0.1) is 13.5 Å². The number of amides is 1. The van der Waals surface area contributed by atoms with Gasteiger partial charge in [0.15, 0.2) is 5.01 Å². The van der Waals surface area contributed by atoms with Crippen molar-refractivity contribution < 1.29 is 14.3 Å². The van der Waals surface area contributed by atoms with E-state index in [1.54, 1.807) is 18.3 Å². The molecule has 3 aromatic rings. The second-order valence-electron chi connectivity index (χ2n) is 4.38. The van der Waals surface area contributed by atoms with Gasteiger partial charge in [0.1, 0.15) is 15.4 Å². The Morgan fingerprint density at radius 1 is 1.30 bits per heavy atom. The summed E-state index contributed by atoms with van der Waals surface area (Å²) in [5, 5.41) is 11.8. The second-order valence-corrected chi connectivity index (χ2v) is 6.42. The number of nitrogens with zero attached hydrogens (tertiary/aromatic N) is 4. The first-order valence-corrected chi connectivity index (χ1v) is 8.21. The number of pyridine rings is 1. The zero-order chi connectivity index (χ0) is 16.2. The van der Waals surface area contributed by atoms with Gasteiger partial charge in [0.25, 0.3) is 5.91 Å². The smallest absolute Gasteiger partial charge is 0.305 e. The Kier molecular flexibility index (Phi) is 4.53. The first-order valence-electron chi connectivity index (χ1n) is 6.58. The van der Waals surface area contributed by atoms with Gasteiger partial charge in [-0.05, 0) is 12.1 Å². The van der Waals surface area contributed by atoms with Crippen LogP contribution in [0.5, 0.6) is 0 Å². The van der Waals surface area contributed by atoms with Crippen molar-refractivity contribution >= 4 is 50.0 Å². The number of thiazole rings is 1. The standard InChI is InChI=1S/C13H11N5O3S2/c1-21-9(19)5-4-8-17-18-13(22-8)16-10(20)12-15-7-3-2-6-14-11(7)23-12/h2-3,6H,4-5H2,1H3,(H,16,18,20). The molecular formula is C13H11N5O3S2. The number of hydrogen-bond acceptors (Lipinski definition) is 9. The van der Waals surface area contributed by atoms with Crippen LogP contribution in [0.2, 0.25) is 0 Å². The minimum atomic E-state index is -0.358. The van der Waals surface area contributed by atoms with Crippen molar-refractivity contribution in [2.45, 2.75) is 12.8 Å². The molecule has 0 aromatic carbocycles. The van der Waals surface area contributed by atoms with Crippen molar-refractivity contribution in [3.8, 4) is 0 Å². The molecular weight excluding hydrogens is 338 g/mol. The van der Waals surface area contributed by atoms with Crippen molar-refractivity contribution in [3.63, 3.8) is 0 Å². The summed E-state index contributed by atoms with van der Waals surface area (Å²) in [5.74, 6) is -0.670. The van der Waals surface area contributed by atoms with E-state index < -0.39 is 0 Å². The van der Waals surface area contributed by atoms with E-state index in [0.29, 0.717) is 31.9 Å². The number of methoxy groups -OCH3 is 1. The summed E-state index contributed by atoms with van der Waals surface area (Å²) >= 11 is 2.42. The summed E-state index contributed by atoms with van der Waals surface area (Å²) in [4.78, 5) is 32.3. The molecule has 0 radical (unpaired) electrons. The van der Waals surface area contributed by atoms with Gasteiger partial charge >= 0.3 is 5.97 Å². The molecule has 0 unspecified atom stereocenters. The Balaban J connectivity index is 1.65. The number of nitrogens with one attached hydrogen (secondary N) is 1. The van der Waals surface area contributed by atoms with Crippen molar-refractivity contribution in [3.05, 3.63) is 28.3 Å². The van der Waals surface area contributed by atoms with Gasteiger partial charge in [0, 0.05) is 12.6 Å². The lowest BCUT2D eigenvalue weighted by molar-refractivity contribution is -0.140. The second kappa shape index (κ2) is 6.75. The van der Waals surface area contributed by atoms with Crippen LogP contribution < -0.4 is 5.32 Å². The monoisotopic (exact) mass is 349 g/mol. The van der Waals surface area contributed by atoms with Crippen LogP contribution in [0.15, 0.2) is 18.3 Å². The van der Waals surface area contributed by atoms with E-state index in [4.69, 9.17) is 0 Å². The van der Waals surface area contributed by atoms with Crippen LogP contribution in [0.4, 0.5) is 5.13 Å². The van der Waals surface area contributed by atoms with E-state index in [1.807, 2.05) is 0 Å². The number of anilines is 1. The third kappa shape index (κ3) is 3.66. The molecule has 0 atom stereocenters. The molecule has 3 rings (SSSR count). The minimum Gasteiger partial charge on any atom is -0.469 e. The molecule has 0 fully saturated rings. The van der Waals surface area contributed by atoms with E-state index in [1.165, 1.54) is 29.8 Å². The molecule has 0 aliphatic carbocycles. The third-order valence-corrected chi connectivity index (χ3v) is 4.70. The summed E-state index contributed by atoms with van der Waals surface area (Å²) < 4.78 is 4.56. The van der Waals surface area contributed by atoms with E-state index in [0.717, 1.165) is 0 Å². The minimum absolute atomic E-state index is 0.225. The molecule has 3 aromatic heterocycles. The summed E-state index contributed by atoms with van der Waals surface area (Å²) in [6, 6.07) is 3.56. The van der Waals surface area contributed by atoms with Crippen LogP contribution in [0.1, 0.15) is 21.2 Å². The molecule has 1 N–H and O–H groups in total. The predicted molar refractivity (Wildman–Crippen MR) is 85.6 cm³/mol. The Hall–Kier alpha value is -2.46. The largest absolute Gasteiger partial charge is 0.469 e. The highest BCUT2D eigenvalue weighted by Gasteiger charge is 2.15. The number of aromatic nitrogens is 4. The number of esters is 1. The number of aryl methyl sites for hydroxylation is 1. The molecule has 0 aliphatic heterocycles. The molecule has 118 valence electrons. The normalized spacial score (nSPS) is 10.7. The maximum absolute atomic E-state index is 12.2. The Morgan fingerprint density at radius 3 is 2.96 bits per heavy atom. The first-order chi connectivity index (χ1) is 11.2. The number of ether oxygens (including phenoxy) is 1. The van der Waals surface area contributed by atoms with Crippen LogP contribution in [0, 0.1) is 0 Å². The van der Waals surface area contributed by atoms with Gasteiger partial charge in [-0.2, -0.15) is 0 Å². The SMILES string of the molecule is COC(=O)CCc1nnc(NC(=O)c2nc3cccnc3s2)s1. The van der Waals surface area contributed by atoms with Gasteiger partial charge in [0.2, 0.25) is 5.13 Å². The maximum atomic E-state index is 12.2. The molecule has 0 saturated heterocycles. The highest BCUT2D eigenvalue weighted by atomic mass is 32.1. The molecule has 0 bridgehead atoms. The number of fused-ring (bicyclic) bond motifs is 1. The number of rotatable bonds is 5. The Morgan fingerprint density at radius 2 is 2.17 bits per heavy atom. The van der Waals surface area contributed by atoms with Crippen molar-refractivity contribution in [2.24, 2.45) is 0 Å². The summed E-state index contributed by atoms with van der Waals surface area (Å²) in [7, 11) is 1.33. The van der Waals surface area contributed by atoms with Crippen LogP contribution in [-0.2, 0) is 16.0 Å². The average molecular weight is 349 g/mol. The molecule has 3 heterocycles. The van der Waals surface area contributed by atoms with Crippen molar-refractivity contribution in [1.82, 2.24) is 20.2 Å². The third-order valence-electron chi connectivity index (χ3n) is 2.82. The molecule has 0 saturated carbocycles. The summed E-state index contributed by atoms with van der Waals surface area (Å²) in [5.41, 5.74) is 0.679. The van der Waals surface area contributed by atoms with E-state index >= 15 is 0 Å². The van der Waals surface area contributed by atoms with Gasteiger partial charge in [-0.25, -0.2) is 9.97 Å². The topological polar surface area (TPSA) is 107 Å². The zero-order valence-electron chi connectivity index (χ0n) is 12.0. The van der Waals surface area contributed by atoms with Crippen LogP contribution >= 0.6 is 22.7 Å². The van der Waals surface area contributed by atoms with Crippen LogP contribution in [0.25, 0.3) is 10.3 Å². The molecule has 8 nitrogen and oxygen atoms in total. The fraction of sp³-hybridized carbons (Fsp3) is 0.231. The Labute approximate surface area is 138 Å². The number of carbonyl (C=O) groups excluding carboxylic acids is 2. The molecule has 1 amide bonds. The van der Waals surface area contributed by atoms with Crippen LogP contribution in [0.3, 0.4) is 0 Å². The molecule has 10 heteroatoms. The number of carbonyl (C=O) groups is 2. The molecule has 0 spiro atoms. The fourth-order valence-corrected chi connectivity index (χ4v) is 3.27. The molecule has 23 heavy (non-hydrogen) atoms. The quantitative estimate of drug-likeness (QED) is 0.701. The van der Waals surface area contributed by atoms with E-state index in [-0.39, 0.29) is 18.3 Å². The predicted octanol–water partition coefficient (Wildman–Crippen LogP) is 1.90. The maximum Gasteiger partial charge on any atom is 0.305 e. The lowest BCUT2D eigenvalue weighted by Crippen LogP contribution is -2.11. The fourth-order valence-electron chi connectivity index (χ4n) is 1.73. The van der Waals surface area contributed by atoms with Gasteiger partial charge in [-0.3, -0.25) is 14.9 Å². The summed E-state index contributed by atoms with van der Waals surface area (Å²) in [6.07, 6.45) is 2.30. The summed E-state index contributed by atoms with van der Waals surface area (Å²) in [6.45, 7) is 0. The van der Waals surface area contributed by atoms with Gasteiger partial charge in [-0.1, -0.05) is 22.7 Å². The van der Waals surface area contributed by atoms with Crippen molar-refractivity contribution in [1.29, 1.82) is 0 Å². The highest BCUT2D eigenvalue weighted by molar-refractivity contribution is 7.20. The van der Waals surface area contributed by atoms with Gasteiger partial charge < -0.3 is 4.74 Å². The number of hydrogen-bond donors (Lipinski definition) is 1. The van der Waals surface area contributed by atoms with Crippen molar-refractivity contribution in [2.75, 3.05) is 12.4 Å². The van der Waals surface area contributed by atoms with Gasteiger partial charge in [-0.15, -0.1) is 10.2 Å². The zero-order valence-corrected chi connectivity index (χ0v) is 13.6. The lowest BCUT2D eigenvalue weighted by Gasteiger charge is -1.96. The average Bonchev–Trinajstić information content (AvgIpc) is 3.18. The van der Waals surface area contributed by atoms with E-state index in [9.17, 15) is 9.59 Å². The Bertz CT molecular complexity index is 827. The molecule has 0 aliphatic rings. The lowest BCUT2D eigenvalue weighted by atomic mass is 10.3. The highest BCUT2D eigenvalue weighted by Crippen LogP contribution is 2.22. The van der Waals surface area contributed by atoms with E-state index in [2.05, 4.69) is 30.2 Å².